The molecule has 12 nitrogen and oxygen atoms in total. The molecule has 44 heavy (non-hydrogen) atoms. The summed E-state index contributed by atoms with van der Waals surface area (Å²) in [5.41, 5.74) is 1.08. The first-order valence-corrected chi connectivity index (χ1v) is 15.3. The molecular weight excluding hydrogens is 586 g/mol. The molecule has 0 aliphatic carbocycles. The molecule has 2 aromatic carbocycles. The minimum absolute atomic E-state index is 0.0305. The van der Waals surface area contributed by atoms with E-state index in [1.54, 1.807) is 42.6 Å². The van der Waals surface area contributed by atoms with Crippen molar-refractivity contribution in [1.29, 1.82) is 0 Å². The fourth-order valence-electron chi connectivity index (χ4n) is 5.85. The average Bonchev–Trinajstić information content (AvgIpc) is 3.62. The third kappa shape index (κ3) is 5.31. The van der Waals surface area contributed by atoms with Crippen molar-refractivity contribution in [3.8, 4) is 5.75 Å². The summed E-state index contributed by atoms with van der Waals surface area (Å²) in [6.07, 6.45) is 3.02. The van der Waals surface area contributed by atoms with Gasteiger partial charge in [0.25, 0.3) is 15.9 Å². The number of hydrogen-bond donors (Lipinski definition) is 2. The number of Topliss-reactive ketones (excluding diaryl/α,β-unsaturated/α-hetero) is 1. The van der Waals surface area contributed by atoms with E-state index in [2.05, 4.69) is 15.3 Å². The Kier molecular flexibility index (Phi) is 7.66. The molecule has 2 aromatic heterocycles. The Morgan fingerprint density at radius 1 is 0.955 bits per heavy atom. The van der Waals surface area contributed by atoms with Crippen molar-refractivity contribution in [2.24, 2.45) is 0 Å². The largest absolute Gasteiger partial charge is 0.508 e. The van der Waals surface area contributed by atoms with Crippen LogP contribution in [0.3, 0.4) is 0 Å². The summed E-state index contributed by atoms with van der Waals surface area (Å²) in [5.74, 6) is -1.62. The number of nitrogens with zero attached hydrogens (tertiary/aromatic N) is 4. The number of hydrogen-bond acceptors (Lipinski definition) is 9. The van der Waals surface area contributed by atoms with Gasteiger partial charge in [-0.25, -0.2) is 8.42 Å². The molecule has 4 aromatic rings. The zero-order chi connectivity index (χ0) is 31.0. The second-order valence-corrected chi connectivity index (χ2v) is 12.4. The highest BCUT2D eigenvalue weighted by Crippen LogP contribution is 2.33. The van der Waals surface area contributed by atoms with Gasteiger partial charge < -0.3 is 15.3 Å². The first kappa shape index (κ1) is 29.1. The van der Waals surface area contributed by atoms with Crippen LogP contribution in [0.15, 0.2) is 85.2 Å². The van der Waals surface area contributed by atoms with Crippen LogP contribution < -0.4 is 5.32 Å². The van der Waals surface area contributed by atoms with Crippen molar-refractivity contribution in [2.75, 3.05) is 13.1 Å². The van der Waals surface area contributed by atoms with Crippen molar-refractivity contribution in [3.63, 3.8) is 0 Å². The number of carbonyl (C=O) groups excluding carboxylic acids is 4. The first-order valence-electron chi connectivity index (χ1n) is 13.9. The number of phenolic OH excluding ortho intramolecular Hbond substituents is 1. The lowest BCUT2D eigenvalue weighted by Gasteiger charge is -2.28. The highest BCUT2D eigenvalue weighted by molar-refractivity contribution is 8.04. The number of para-hydroxylation sites is 1. The van der Waals surface area contributed by atoms with Gasteiger partial charge in [-0.3, -0.25) is 29.1 Å². The summed E-state index contributed by atoms with van der Waals surface area (Å²) in [5, 5.41) is 12.0. The second-order valence-electron chi connectivity index (χ2n) is 10.6. The molecule has 3 unspecified atom stereocenters. The van der Waals surface area contributed by atoms with Gasteiger partial charge in [-0.15, -0.1) is 0 Å². The lowest BCUT2D eigenvalue weighted by atomic mass is 10.0. The number of carbonyl (C=O) groups is 4. The highest BCUT2D eigenvalue weighted by Gasteiger charge is 2.55. The van der Waals surface area contributed by atoms with Crippen LogP contribution in [0.2, 0.25) is 0 Å². The number of aromatic nitrogens is 2. The van der Waals surface area contributed by atoms with Crippen LogP contribution in [0.25, 0.3) is 10.9 Å². The molecule has 2 amide bonds. The van der Waals surface area contributed by atoms with Gasteiger partial charge in [0.15, 0.2) is 5.78 Å². The molecule has 6 rings (SSSR count). The molecule has 0 spiro atoms. The summed E-state index contributed by atoms with van der Waals surface area (Å²) in [6, 6.07) is 15.9. The Morgan fingerprint density at radius 2 is 1.70 bits per heavy atom. The first-order chi connectivity index (χ1) is 21.1. The van der Waals surface area contributed by atoms with Crippen molar-refractivity contribution in [3.05, 3.63) is 102 Å². The van der Waals surface area contributed by atoms with Crippen LogP contribution in [0.5, 0.6) is 5.75 Å². The van der Waals surface area contributed by atoms with Gasteiger partial charge in [-0.1, -0.05) is 36.4 Å². The lowest BCUT2D eigenvalue weighted by molar-refractivity contribution is -0.138. The van der Waals surface area contributed by atoms with Gasteiger partial charge in [-0.2, -0.15) is 4.31 Å². The summed E-state index contributed by atoms with van der Waals surface area (Å²) in [4.78, 5) is 63.2. The number of fused-ring (bicyclic) bond motifs is 2. The van der Waals surface area contributed by atoms with Crippen LogP contribution in [-0.2, 0) is 26.0 Å². The molecule has 0 saturated carbocycles. The minimum atomic E-state index is -4.60. The Labute approximate surface area is 252 Å². The highest BCUT2D eigenvalue weighted by atomic mass is 32.2. The second kappa shape index (κ2) is 11.6. The van der Waals surface area contributed by atoms with Crippen molar-refractivity contribution in [1.82, 2.24) is 24.5 Å². The molecule has 2 N–H and O–H groups in total. The topological polar surface area (TPSA) is 167 Å². The molecule has 224 valence electrons. The maximum Gasteiger partial charge on any atom is 0.310 e. The smallest absolute Gasteiger partial charge is 0.310 e. The normalized spacial score (nSPS) is 19.1. The molecule has 2 fully saturated rings. The Hall–Kier alpha value is -5.01. The van der Waals surface area contributed by atoms with E-state index < -0.39 is 57.4 Å². The summed E-state index contributed by atoms with van der Waals surface area (Å²) in [7, 11) is -4.60. The molecule has 2 aliphatic rings. The van der Waals surface area contributed by atoms with Gasteiger partial charge in [-0.05, 0) is 48.4 Å². The number of benzene rings is 2. The zero-order valence-corrected chi connectivity index (χ0v) is 24.1. The van der Waals surface area contributed by atoms with E-state index in [0.717, 1.165) is 9.69 Å². The van der Waals surface area contributed by atoms with Crippen molar-refractivity contribution >= 4 is 43.6 Å². The predicted octanol–water partition coefficient (Wildman–Crippen LogP) is 1.70. The van der Waals surface area contributed by atoms with Gasteiger partial charge in [0, 0.05) is 30.7 Å². The van der Waals surface area contributed by atoms with Gasteiger partial charge >= 0.3 is 5.12 Å². The fraction of sp³-hybridized carbons (Fsp3) is 0.226. The van der Waals surface area contributed by atoms with Crippen LogP contribution in [-0.4, -0.2) is 86.6 Å². The minimum Gasteiger partial charge on any atom is -0.508 e. The number of amides is 2. The van der Waals surface area contributed by atoms with Crippen molar-refractivity contribution in [2.45, 2.75) is 31.0 Å². The third-order valence-corrected chi connectivity index (χ3v) is 9.63. The van der Waals surface area contributed by atoms with E-state index in [0.29, 0.717) is 11.1 Å². The summed E-state index contributed by atoms with van der Waals surface area (Å²) < 4.78 is 27.5. The molecule has 13 heteroatoms. The van der Waals surface area contributed by atoms with E-state index >= 15 is 0 Å². The maximum absolute atomic E-state index is 14.1. The quantitative estimate of drug-likeness (QED) is 0.315. The molecular formula is C31H27N5O7S. The van der Waals surface area contributed by atoms with E-state index in [1.165, 1.54) is 35.4 Å². The summed E-state index contributed by atoms with van der Waals surface area (Å²) in [6.45, 7) is -0.516. The average molecular weight is 614 g/mol. The SMILES string of the molecule is O=C(NC(Cc1ccc(O)cc1)C(=O)N1CCC2C1C(=O)CN2S(=O)(=O)C(=O)c1ccccn1)c1cccc2cccnc12. The monoisotopic (exact) mass is 613 g/mol. The zero-order valence-electron chi connectivity index (χ0n) is 23.2. The van der Waals surface area contributed by atoms with Crippen LogP contribution in [0.1, 0.15) is 32.8 Å². The number of nitrogens with one attached hydrogen (secondary N) is 1. The Balaban J connectivity index is 1.28. The van der Waals surface area contributed by atoms with Crippen LogP contribution in [0.4, 0.5) is 0 Å². The molecule has 0 radical (unpaired) electrons. The molecule has 3 atom stereocenters. The van der Waals surface area contributed by atoms with E-state index in [1.807, 2.05) is 12.1 Å². The predicted molar refractivity (Wildman–Crippen MR) is 158 cm³/mol. The number of likely N-dealkylation sites (tertiary alicyclic amines) is 1. The van der Waals surface area contributed by atoms with Crippen LogP contribution in [0, 0.1) is 0 Å². The van der Waals surface area contributed by atoms with Crippen molar-refractivity contribution < 1.29 is 32.7 Å². The van der Waals surface area contributed by atoms with Crippen LogP contribution >= 0.6 is 0 Å². The number of pyridine rings is 2. The van der Waals surface area contributed by atoms with E-state index in [-0.39, 0.29) is 36.4 Å². The standard InChI is InChI=1S/C31H27N5O7S/c37-21-11-9-19(10-12-21)17-24(34-29(39)22-7-3-5-20-6-4-15-33-27(20)22)30(40)35-16-13-25-28(35)26(38)18-36(25)44(42,43)31(41)23-8-1-2-14-32-23/h1-12,14-15,24-25,28,37H,13,16-18H2,(H,34,39). The Morgan fingerprint density at radius 3 is 2.45 bits per heavy atom. The number of ketones is 1. The molecule has 0 bridgehead atoms. The number of aromatic hydroxyl groups is 1. The molecule has 2 saturated heterocycles. The molecule has 4 heterocycles. The van der Waals surface area contributed by atoms with Gasteiger partial charge in [0.05, 0.1) is 23.7 Å². The number of phenols is 1. The Bertz CT molecular complexity index is 1880. The molecule has 2 aliphatic heterocycles. The fourth-order valence-corrected chi connectivity index (χ4v) is 7.33. The lowest BCUT2D eigenvalue weighted by Crippen LogP contribution is -2.53. The number of sulfonamides is 1. The maximum atomic E-state index is 14.1. The third-order valence-electron chi connectivity index (χ3n) is 7.93. The summed E-state index contributed by atoms with van der Waals surface area (Å²) >= 11 is 0. The van der Waals surface area contributed by atoms with E-state index in [9.17, 15) is 32.7 Å². The van der Waals surface area contributed by atoms with Gasteiger partial charge in [0.1, 0.15) is 23.5 Å². The van der Waals surface area contributed by atoms with Gasteiger partial charge in [0.2, 0.25) is 5.91 Å². The van der Waals surface area contributed by atoms with E-state index in [4.69, 9.17) is 0 Å². The number of rotatable bonds is 7.